The van der Waals surface area contributed by atoms with Crippen LogP contribution in [0.3, 0.4) is 0 Å². The molecule has 0 saturated carbocycles. The SMILES string of the molecule is CCNC(=NCCC(C)C)NCCC(=O)N(CC)CC. The summed E-state index contributed by atoms with van der Waals surface area (Å²) in [5.74, 6) is 1.66. The lowest BCUT2D eigenvalue weighted by molar-refractivity contribution is -0.130. The van der Waals surface area contributed by atoms with E-state index < -0.39 is 0 Å². The molecular weight excluding hydrogens is 252 g/mol. The van der Waals surface area contributed by atoms with E-state index in [1.165, 1.54) is 0 Å². The monoisotopic (exact) mass is 284 g/mol. The molecule has 5 nitrogen and oxygen atoms in total. The van der Waals surface area contributed by atoms with Gasteiger partial charge in [0.1, 0.15) is 0 Å². The third-order valence-electron chi connectivity index (χ3n) is 3.07. The van der Waals surface area contributed by atoms with Gasteiger partial charge in [0.15, 0.2) is 5.96 Å². The largest absolute Gasteiger partial charge is 0.357 e. The summed E-state index contributed by atoms with van der Waals surface area (Å²) in [5.41, 5.74) is 0. The van der Waals surface area contributed by atoms with Gasteiger partial charge in [-0.2, -0.15) is 0 Å². The Balaban J connectivity index is 4.11. The first kappa shape index (κ1) is 18.7. The molecular formula is C15H32N4O. The lowest BCUT2D eigenvalue weighted by Crippen LogP contribution is -2.40. The van der Waals surface area contributed by atoms with E-state index in [0.29, 0.717) is 18.9 Å². The minimum absolute atomic E-state index is 0.195. The third-order valence-corrected chi connectivity index (χ3v) is 3.07. The van der Waals surface area contributed by atoms with Gasteiger partial charge >= 0.3 is 0 Å². The minimum atomic E-state index is 0.195. The first-order valence-corrected chi connectivity index (χ1v) is 7.84. The average molecular weight is 284 g/mol. The van der Waals surface area contributed by atoms with E-state index in [2.05, 4.69) is 29.5 Å². The maximum absolute atomic E-state index is 11.9. The number of nitrogens with zero attached hydrogens (tertiary/aromatic N) is 2. The molecule has 0 fully saturated rings. The first-order valence-electron chi connectivity index (χ1n) is 7.84. The molecule has 0 unspecified atom stereocenters. The van der Waals surface area contributed by atoms with Crippen molar-refractivity contribution in [1.29, 1.82) is 0 Å². The van der Waals surface area contributed by atoms with Crippen molar-refractivity contribution in [2.24, 2.45) is 10.9 Å². The zero-order chi connectivity index (χ0) is 15.4. The van der Waals surface area contributed by atoms with Gasteiger partial charge in [-0.15, -0.1) is 0 Å². The fraction of sp³-hybridized carbons (Fsp3) is 0.867. The number of amides is 1. The van der Waals surface area contributed by atoms with Crippen LogP contribution in [0, 0.1) is 5.92 Å². The lowest BCUT2D eigenvalue weighted by atomic mass is 10.1. The van der Waals surface area contributed by atoms with E-state index >= 15 is 0 Å². The zero-order valence-corrected chi connectivity index (χ0v) is 13.8. The van der Waals surface area contributed by atoms with Crippen LogP contribution in [0.25, 0.3) is 0 Å². The highest BCUT2D eigenvalue weighted by atomic mass is 16.2. The van der Waals surface area contributed by atoms with Crippen LogP contribution in [-0.4, -0.2) is 49.5 Å². The fourth-order valence-corrected chi connectivity index (χ4v) is 1.80. The van der Waals surface area contributed by atoms with Crippen molar-refractivity contribution in [3.05, 3.63) is 0 Å². The normalized spacial score (nSPS) is 11.6. The van der Waals surface area contributed by atoms with Crippen LogP contribution in [0.2, 0.25) is 0 Å². The molecule has 0 aliphatic rings. The van der Waals surface area contributed by atoms with Gasteiger partial charge in [-0.3, -0.25) is 9.79 Å². The Hall–Kier alpha value is -1.26. The predicted molar refractivity (Wildman–Crippen MR) is 86.0 cm³/mol. The lowest BCUT2D eigenvalue weighted by Gasteiger charge is -2.19. The summed E-state index contributed by atoms with van der Waals surface area (Å²) in [7, 11) is 0. The standard InChI is InChI=1S/C15H32N4O/c1-6-16-15(17-11-9-13(4)5)18-12-10-14(20)19(7-2)8-3/h13H,6-12H2,1-5H3,(H2,16,17,18). The molecule has 20 heavy (non-hydrogen) atoms. The average Bonchev–Trinajstić information content (AvgIpc) is 2.39. The molecule has 0 saturated heterocycles. The van der Waals surface area contributed by atoms with Crippen molar-refractivity contribution in [1.82, 2.24) is 15.5 Å². The van der Waals surface area contributed by atoms with Crippen LogP contribution < -0.4 is 10.6 Å². The predicted octanol–water partition coefficient (Wildman–Crippen LogP) is 1.85. The molecule has 0 radical (unpaired) electrons. The molecule has 0 aromatic heterocycles. The summed E-state index contributed by atoms with van der Waals surface area (Å²) in [6.07, 6.45) is 1.59. The van der Waals surface area contributed by atoms with Gasteiger partial charge in [-0.05, 0) is 33.1 Å². The number of nitrogens with one attached hydrogen (secondary N) is 2. The number of rotatable bonds is 9. The second kappa shape index (κ2) is 11.6. The Morgan fingerprint density at radius 2 is 1.80 bits per heavy atom. The number of aliphatic imine (C=N–C) groups is 1. The van der Waals surface area contributed by atoms with Crippen molar-refractivity contribution in [3.8, 4) is 0 Å². The van der Waals surface area contributed by atoms with E-state index in [1.807, 2.05) is 25.7 Å². The Morgan fingerprint density at radius 1 is 1.15 bits per heavy atom. The molecule has 0 aromatic carbocycles. The molecule has 118 valence electrons. The molecule has 5 heteroatoms. The minimum Gasteiger partial charge on any atom is -0.357 e. The highest BCUT2D eigenvalue weighted by molar-refractivity contribution is 5.81. The van der Waals surface area contributed by atoms with Crippen molar-refractivity contribution >= 4 is 11.9 Å². The van der Waals surface area contributed by atoms with Crippen LogP contribution in [0.1, 0.15) is 47.5 Å². The third kappa shape index (κ3) is 8.77. The van der Waals surface area contributed by atoms with Crippen molar-refractivity contribution < 1.29 is 4.79 Å². The van der Waals surface area contributed by atoms with E-state index in [9.17, 15) is 4.79 Å². The van der Waals surface area contributed by atoms with Crippen LogP contribution >= 0.6 is 0 Å². The van der Waals surface area contributed by atoms with Crippen LogP contribution in [-0.2, 0) is 4.79 Å². The summed E-state index contributed by atoms with van der Waals surface area (Å²) in [6, 6.07) is 0. The number of carbonyl (C=O) groups excluding carboxylic acids is 1. The van der Waals surface area contributed by atoms with E-state index in [-0.39, 0.29) is 5.91 Å². The first-order chi connectivity index (χ1) is 9.54. The van der Waals surface area contributed by atoms with Crippen LogP contribution in [0.15, 0.2) is 4.99 Å². The summed E-state index contributed by atoms with van der Waals surface area (Å²) >= 11 is 0. The molecule has 0 rings (SSSR count). The van der Waals surface area contributed by atoms with Crippen LogP contribution in [0.5, 0.6) is 0 Å². The molecule has 1 amide bonds. The van der Waals surface area contributed by atoms with Gasteiger partial charge < -0.3 is 15.5 Å². The smallest absolute Gasteiger partial charge is 0.224 e. The molecule has 2 N–H and O–H groups in total. The van der Waals surface area contributed by atoms with E-state index in [1.54, 1.807) is 0 Å². The Kier molecular flexibility index (Phi) is 10.8. The van der Waals surface area contributed by atoms with E-state index in [4.69, 9.17) is 0 Å². The summed E-state index contributed by atoms with van der Waals surface area (Å²) in [6.45, 7) is 14.3. The van der Waals surface area contributed by atoms with Crippen molar-refractivity contribution in [2.45, 2.75) is 47.5 Å². The summed E-state index contributed by atoms with van der Waals surface area (Å²) < 4.78 is 0. The Labute approximate surface area is 124 Å². The number of carbonyl (C=O) groups is 1. The second-order valence-electron chi connectivity index (χ2n) is 5.19. The number of guanidine groups is 1. The summed E-state index contributed by atoms with van der Waals surface area (Å²) in [4.78, 5) is 18.2. The van der Waals surface area contributed by atoms with Crippen molar-refractivity contribution in [2.75, 3.05) is 32.7 Å². The van der Waals surface area contributed by atoms with E-state index in [0.717, 1.165) is 38.6 Å². The topological polar surface area (TPSA) is 56.7 Å². The Morgan fingerprint density at radius 3 is 2.30 bits per heavy atom. The van der Waals surface area contributed by atoms with Gasteiger partial charge in [-0.1, -0.05) is 13.8 Å². The number of hydrogen-bond donors (Lipinski definition) is 2. The zero-order valence-electron chi connectivity index (χ0n) is 13.8. The molecule has 0 aromatic rings. The number of hydrogen-bond acceptors (Lipinski definition) is 2. The molecule has 0 bridgehead atoms. The van der Waals surface area contributed by atoms with Gasteiger partial charge in [0.2, 0.25) is 5.91 Å². The van der Waals surface area contributed by atoms with Gasteiger partial charge in [0, 0.05) is 39.1 Å². The molecule has 0 aliphatic carbocycles. The molecule has 0 atom stereocenters. The molecule has 0 spiro atoms. The van der Waals surface area contributed by atoms with Crippen molar-refractivity contribution in [3.63, 3.8) is 0 Å². The Bertz CT molecular complexity index is 286. The van der Waals surface area contributed by atoms with Gasteiger partial charge in [0.25, 0.3) is 0 Å². The highest BCUT2D eigenvalue weighted by Crippen LogP contribution is 1.98. The highest BCUT2D eigenvalue weighted by Gasteiger charge is 2.08. The fourth-order valence-electron chi connectivity index (χ4n) is 1.80. The molecule has 0 heterocycles. The van der Waals surface area contributed by atoms with Crippen LogP contribution in [0.4, 0.5) is 0 Å². The van der Waals surface area contributed by atoms with Gasteiger partial charge in [0.05, 0.1) is 0 Å². The van der Waals surface area contributed by atoms with Gasteiger partial charge in [-0.25, -0.2) is 0 Å². The molecule has 0 aliphatic heterocycles. The second-order valence-corrected chi connectivity index (χ2v) is 5.19. The maximum atomic E-state index is 11.9. The summed E-state index contributed by atoms with van der Waals surface area (Å²) in [5, 5.41) is 6.42. The maximum Gasteiger partial charge on any atom is 0.224 e. The quantitative estimate of drug-likeness (QED) is 0.502.